The van der Waals surface area contributed by atoms with Crippen LogP contribution >= 0.6 is 0 Å². The minimum atomic E-state index is -0.587. The van der Waals surface area contributed by atoms with Crippen LogP contribution in [-0.4, -0.2) is 24.6 Å². The van der Waals surface area contributed by atoms with Crippen LogP contribution in [0.3, 0.4) is 0 Å². The molecule has 1 aromatic rings. The lowest BCUT2D eigenvalue weighted by molar-refractivity contribution is -0.158. The fourth-order valence-corrected chi connectivity index (χ4v) is 2.05. The van der Waals surface area contributed by atoms with Gasteiger partial charge in [-0.1, -0.05) is 50.3 Å². The van der Waals surface area contributed by atoms with E-state index in [9.17, 15) is 9.59 Å². The summed E-state index contributed by atoms with van der Waals surface area (Å²) in [5, 5.41) is 0. The lowest BCUT2D eigenvalue weighted by Crippen LogP contribution is -2.31. The van der Waals surface area contributed by atoms with Crippen molar-refractivity contribution < 1.29 is 19.1 Å². The molecule has 0 radical (unpaired) electrons. The Morgan fingerprint density at radius 2 is 1.83 bits per heavy atom. The van der Waals surface area contributed by atoms with Crippen molar-refractivity contribution in [1.29, 1.82) is 0 Å². The average molecular weight is 330 g/mol. The first kappa shape index (κ1) is 19.7. The fraction of sp³-hybridized carbons (Fsp3) is 0.400. The minimum absolute atomic E-state index is 0.255. The molecule has 0 aromatic heterocycles. The highest BCUT2D eigenvalue weighted by Gasteiger charge is 2.28. The van der Waals surface area contributed by atoms with Crippen LogP contribution in [0.2, 0.25) is 0 Å². The van der Waals surface area contributed by atoms with Gasteiger partial charge in [-0.3, -0.25) is 4.79 Å². The monoisotopic (exact) mass is 330 g/mol. The van der Waals surface area contributed by atoms with E-state index in [-0.39, 0.29) is 11.9 Å². The summed E-state index contributed by atoms with van der Waals surface area (Å²) in [6.45, 7) is 9.63. The quantitative estimate of drug-likeness (QED) is 0.390. The van der Waals surface area contributed by atoms with Gasteiger partial charge in [0, 0.05) is 6.08 Å². The Bertz CT molecular complexity index is 560. The van der Waals surface area contributed by atoms with Crippen LogP contribution in [0.1, 0.15) is 32.8 Å². The number of ether oxygens (including phenoxy) is 2. The summed E-state index contributed by atoms with van der Waals surface area (Å²) in [4.78, 5) is 24.1. The van der Waals surface area contributed by atoms with E-state index in [1.807, 2.05) is 44.2 Å². The Labute approximate surface area is 144 Å². The molecule has 1 rings (SSSR count). The summed E-state index contributed by atoms with van der Waals surface area (Å²) >= 11 is 0. The van der Waals surface area contributed by atoms with Crippen molar-refractivity contribution in [3.8, 4) is 0 Å². The molecule has 0 saturated carbocycles. The van der Waals surface area contributed by atoms with Crippen molar-refractivity contribution in [1.82, 2.24) is 0 Å². The second kappa shape index (κ2) is 10.4. The molecule has 0 fully saturated rings. The van der Waals surface area contributed by atoms with E-state index >= 15 is 0 Å². The predicted octanol–water partition coefficient (Wildman–Crippen LogP) is 4.02. The maximum Gasteiger partial charge on any atom is 0.331 e. The third-order valence-corrected chi connectivity index (χ3v) is 3.36. The smallest absolute Gasteiger partial charge is 0.331 e. The van der Waals surface area contributed by atoms with Crippen molar-refractivity contribution in [3.05, 3.63) is 54.6 Å². The van der Waals surface area contributed by atoms with Gasteiger partial charge in [-0.05, 0) is 30.9 Å². The minimum Gasteiger partial charge on any atom is -0.465 e. The Balaban J connectivity index is 2.61. The van der Waals surface area contributed by atoms with Gasteiger partial charge in [0.05, 0.1) is 12.5 Å². The molecule has 0 aliphatic rings. The molecule has 130 valence electrons. The van der Waals surface area contributed by atoms with E-state index in [1.54, 1.807) is 19.1 Å². The van der Waals surface area contributed by atoms with Crippen molar-refractivity contribution in [3.63, 3.8) is 0 Å². The van der Waals surface area contributed by atoms with E-state index in [0.29, 0.717) is 13.0 Å². The van der Waals surface area contributed by atoms with Gasteiger partial charge < -0.3 is 9.47 Å². The predicted molar refractivity (Wildman–Crippen MR) is 95.1 cm³/mol. The van der Waals surface area contributed by atoms with Crippen LogP contribution in [0.4, 0.5) is 0 Å². The zero-order valence-electron chi connectivity index (χ0n) is 14.6. The Kier molecular flexibility index (Phi) is 8.55. The third kappa shape index (κ3) is 7.27. The Hall–Kier alpha value is -2.36. The average Bonchev–Trinajstić information content (AvgIpc) is 2.56. The standard InChI is InChI=1S/C20H26O4/c1-5-9-18(20(22)23-14-15(2)3)16(4)24-19(21)13-12-17-10-7-6-8-11-17/h5-8,10-13,15-16,18H,1,9,14H2,2-4H3/b13-12+. The number of rotatable bonds is 9. The summed E-state index contributed by atoms with van der Waals surface area (Å²) in [6, 6.07) is 9.45. The molecule has 0 aliphatic carbocycles. The van der Waals surface area contributed by atoms with Gasteiger partial charge in [-0.15, -0.1) is 6.58 Å². The summed E-state index contributed by atoms with van der Waals surface area (Å²) in [6.07, 6.45) is 4.47. The molecule has 4 nitrogen and oxygen atoms in total. The molecule has 0 N–H and O–H groups in total. The molecule has 0 saturated heterocycles. The zero-order valence-corrected chi connectivity index (χ0v) is 14.6. The molecule has 0 bridgehead atoms. The number of allylic oxidation sites excluding steroid dienone is 1. The summed E-state index contributed by atoms with van der Waals surface area (Å²) in [5.41, 5.74) is 0.904. The molecule has 24 heavy (non-hydrogen) atoms. The summed E-state index contributed by atoms with van der Waals surface area (Å²) in [5.74, 6) is -1.15. The van der Waals surface area contributed by atoms with E-state index in [1.165, 1.54) is 6.08 Å². The highest BCUT2D eigenvalue weighted by molar-refractivity contribution is 5.87. The third-order valence-electron chi connectivity index (χ3n) is 3.36. The molecule has 0 aliphatic heterocycles. The van der Waals surface area contributed by atoms with Gasteiger partial charge in [0.2, 0.25) is 0 Å². The largest absolute Gasteiger partial charge is 0.465 e. The Morgan fingerprint density at radius 1 is 1.17 bits per heavy atom. The topological polar surface area (TPSA) is 52.6 Å². The van der Waals surface area contributed by atoms with Crippen LogP contribution in [0.25, 0.3) is 6.08 Å². The van der Waals surface area contributed by atoms with Crippen LogP contribution in [-0.2, 0) is 19.1 Å². The lowest BCUT2D eigenvalue weighted by Gasteiger charge is -2.21. The molecule has 4 heteroatoms. The van der Waals surface area contributed by atoms with Gasteiger partial charge >= 0.3 is 11.9 Å². The van der Waals surface area contributed by atoms with Gasteiger partial charge in [-0.2, -0.15) is 0 Å². The van der Waals surface area contributed by atoms with E-state index in [4.69, 9.17) is 9.47 Å². The number of esters is 2. The van der Waals surface area contributed by atoms with Crippen molar-refractivity contribution in [2.45, 2.75) is 33.3 Å². The maximum atomic E-state index is 12.2. The van der Waals surface area contributed by atoms with Crippen molar-refractivity contribution in [2.24, 2.45) is 11.8 Å². The molecular weight excluding hydrogens is 304 g/mol. The van der Waals surface area contributed by atoms with Crippen LogP contribution in [0, 0.1) is 11.8 Å². The van der Waals surface area contributed by atoms with Gasteiger partial charge in [0.15, 0.2) is 0 Å². The first-order valence-corrected chi connectivity index (χ1v) is 8.15. The first-order chi connectivity index (χ1) is 11.4. The second-order valence-electron chi connectivity index (χ2n) is 6.04. The fourth-order valence-electron chi connectivity index (χ4n) is 2.05. The Morgan fingerprint density at radius 3 is 2.42 bits per heavy atom. The van der Waals surface area contributed by atoms with E-state index < -0.39 is 18.0 Å². The van der Waals surface area contributed by atoms with Gasteiger partial charge in [-0.25, -0.2) is 4.79 Å². The first-order valence-electron chi connectivity index (χ1n) is 8.15. The molecule has 0 amide bonds. The van der Waals surface area contributed by atoms with E-state index in [2.05, 4.69) is 6.58 Å². The van der Waals surface area contributed by atoms with Crippen molar-refractivity contribution in [2.75, 3.05) is 6.61 Å². The second-order valence-corrected chi connectivity index (χ2v) is 6.04. The normalized spacial score (nSPS) is 13.5. The maximum absolute atomic E-state index is 12.2. The number of hydrogen-bond donors (Lipinski definition) is 0. The van der Waals surface area contributed by atoms with Crippen LogP contribution in [0.5, 0.6) is 0 Å². The lowest BCUT2D eigenvalue weighted by atomic mass is 10.00. The summed E-state index contributed by atoms with van der Waals surface area (Å²) in [7, 11) is 0. The van der Waals surface area contributed by atoms with Crippen LogP contribution in [0.15, 0.2) is 49.1 Å². The number of hydrogen-bond acceptors (Lipinski definition) is 4. The zero-order chi connectivity index (χ0) is 17.9. The molecule has 2 unspecified atom stereocenters. The molecule has 0 heterocycles. The SMILES string of the molecule is C=CCC(C(=O)OCC(C)C)C(C)OC(=O)/C=C/c1ccccc1. The van der Waals surface area contributed by atoms with Gasteiger partial charge in [0.1, 0.15) is 6.10 Å². The molecule has 2 atom stereocenters. The number of carbonyl (C=O) groups is 2. The highest BCUT2D eigenvalue weighted by atomic mass is 16.6. The molecule has 0 spiro atoms. The van der Waals surface area contributed by atoms with Gasteiger partial charge in [0.25, 0.3) is 0 Å². The highest BCUT2D eigenvalue weighted by Crippen LogP contribution is 2.16. The molecular formula is C20H26O4. The van der Waals surface area contributed by atoms with E-state index in [0.717, 1.165) is 5.56 Å². The molecule has 1 aromatic carbocycles. The van der Waals surface area contributed by atoms with Crippen molar-refractivity contribution >= 4 is 18.0 Å². The number of carbonyl (C=O) groups excluding carboxylic acids is 2. The number of benzene rings is 1. The summed E-state index contributed by atoms with van der Waals surface area (Å²) < 4.78 is 10.6. The van der Waals surface area contributed by atoms with Crippen LogP contribution < -0.4 is 0 Å².